The summed E-state index contributed by atoms with van der Waals surface area (Å²) in [5.41, 5.74) is 0.295. The van der Waals surface area contributed by atoms with Crippen LogP contribution >= 0.6 is 34.2 Å². The fourth-order valence-electron chi connectivity index (χ4n) is 0.876. The van der Waals surface area contributed by atoms with E-state index in [4.69, 9.17) is 11.6 Å². The van der Waals surface area contributed by atoms with E-state index in [0.717, 1.165) is 0 Å². The Balaban J connectivity index is 3.43. The molecule has 2 nitrogen and oxygen atoms in total. The molecule has 0 saturated carbocycles. The summed E-state index contributed by atoms with van der Waals surface area (Å²) in [6.45, 7) is 1.40. The largest absolute Gasteiger partial charge is 0.506 e. The molecule has 1 rings (SSSR count). The van der Waals surface area contributed by atoms with E-state index in [1.165, 1.54) is 6.92 Å². The van der Waals surface area contributed by atoms with Crippen LogP contribution < -0.4 is 0 Å². The van der Waals surface area contributed by atoms with Gasteiger partial charge in [-0.2, -0.15) is 0 Å². The Morgan fingerprint density at radius 2 is 2.17 bits per heavy atom. The van der Waals surface area contributed by atoms with Gasteiger partial charge in [0.2, 0.25) is 0 Å². The number of Topliss-reactive ketones (excluding diaryl/α,β-unsaturated/α-hetero) is 1. The quantitative estimate of drug-likeness (QED) is 0.639. The SMILES string of the molecule is CC(=O)c1c(I)ccc(Cl)c1O. The molecule has 0 bridgehead atoms. The predicted molar refractivity (Wildman–Crippen MR) is 55.8 cm³/mol. The highest BCUT2D eigenvalue weighted by Crippen LogP contribution is 2.30. The molecular formula is C8H6ClIO2. The Labute approximate surface area is 88.7 Å². The number of ketones is 1. The van der Waals surface area contributed by atoms with Crippen molar-refractivity contribution in [3.63, 3.8) is 0 Å². The van der Waals surface area contributed by atoms with Gasteiger partial charge < -0.3 is 5.11 Å². The molecule has 4 heteroatoms. The van der Waals surface area contributed by atoms with E-state index in [1.807, 2.05) is 22.6 Å². The molecular weight excluding hydrogens is 290 g/mol. The van der Waals surface area contributed by atoms with Crippen molar-refractivity contribution in [3.05, 3.63) is 26.3 Å². The van der Waals surface area contributed by atoms with Gasteiger partial charge in [-0.3, -0.25) is 4.79 Å². The van der Waals surface area contributed by atoms with Crippen LogP contribution in [0.4, 0.5) is 0 Å². The maximum absolute atomic E-state index is 11.0. The van der Waals surface area contributed by atoms with Crippen LogP contribution in [0.1, 0.15) is 17.3 Å². The summed E-state index contributed by atoms with van der Waals surface area (Å²) in [5.74, 6) is -0.310. The number of benzene rings is 1. The second-order valence-corrected chi connectivity index (χ2v) is 3.88. The zero-order valence-corrected chi connectivity index (χ0v) is 9.18. The first kappa shape index (κ1) is 9.80. The molecule has 1 aromatic rings. The minimum absolute atomic E-state index is 0.129. The van der Waals surface area contributed by atoms with Gasteiger partial charge in [-0.05, 0) is 41.6 Å². The van der Waals surface area contributed by atoms with Crippen LogP contribution in [0.15, 0.2) is 12.1 Å². The second-order valence-electron chi connectivity index (χ2n) is 2.31. The van der Waals surface area contributed by atoms with Gasteiger partial charge in [-0.1, -0.05) is 11.6 Å². The third-order valence-electron chi connectivity index (χ3n) is 1.43. The van der Waals surface area contributed by atoms with Crippen LogP contribution in [0.5, 0.6) is 5.75 Å². The van der Waals surface area contributed by atoms with Crippen molar-refractivity contribution in [1.82, 2.24) is 0 Å². The average Bonchev–Trinajstić information content (AvgIpc) is 1.97. The van der Waals surface area contributed by atoms with Gasteiger partial charge in [0.25, 0.3) is 0 Å². The third-order valence-corrected chi connectivity index (χ3v) is 2.63. The molecule has 0 heterocycles. The molecule has 0 fully saturated rings. The number of hydrogen-bond acceptors (Lipinski definition) is 2. The lowest BCUT2D eigenvalue weighted by Crippen LogP contribution is -1.96. The van der Waals surface area contributed by atoms with Gasteiger partial charge in [-0.25, -0.2) is 0 Å². The van der Waals surface area contributed by atoms with Gasteiger partial charge in [0, 0.05) is 3.57 Å². The van der Waals surface area contributed by atoms with Crippen molar-refractivity contribution >= 4 is 40.0 Å². The molecule has 0 saturated heterocycles. The molecule has 0 aliphatic carbocycles. The summed E-state index contributed by atoms with van der Waals surface area (Å²) >= 11 is 7.60. The summed E-state index contributed by atoms with van der Waals surface area (Å²) in [7, 11) is 0. The predicted octanol–water partition coefficient (Wildman–Crippen LogP) is 2.85. The van der Waals surface area contributed by atoms with E-state index in [0.29, 0.717) is 9.13 Å². The summed E-state index contributed by atoms with van der Waals surface area (Å²) in [5, 5.41) is 9.60. The van der Waals surface area contributed by atoms with Crippen LogP contribution in [0.3, 0.4) is 0 Å². The first-order chi connectivity index (χ1) is 5.54. The number of hydrogen-bond donors (Lipinski definition) is 1. The normalized spacial score (nSPS) is 9.92. The highest BCUT2D eigenvalue weighted by atomic mass is 127. The Morgan fingerprint density at radius 3 is 2.58 bits per heavy atom. The highest BCUT2D eigenvalue weighted by Gasteiger charge is 2.13. The standard InChI is InChI=1S/C8H6ClIO2/c1-4(11)7-6(10)3-2-5(9)8(7)12/h2-3,12H,1H3. The van der Waals surface area contributed by atoms with Crippen LogP contribution in [0.2, 0.25) is 5.02 Å². The zero-order valence-electron chi connectivity index (χ0n) is 6.27. The van der Waals surface area contributed by atoms with E-state index in [-0.39, 0.29) is 16.6 Å². The summed E-state index contributed by atoms with van der Waals surface area (Å²) in [4.78, 5) is 11.0. The smallest absolute Gasteiger partial charge is 0.164 e. The molecule has 0 aliphatic rings. The molecule has 0 unspecified atom stereocenters. The monoisotopic (exact) mass is 296 g/mol. The Kier molecular flexibility index (Phi) is 2.95. The van der Waals surface area contributed by atoms with Crippen LogP contribution in [0, 0.1) is 3.57 Å². The number of carbonyl (C=O) groups excluding carboxylic acids is 1. The molecule has 0 spiro atoms. The molecule has 0 amide bonds. The van der Waals surface area contributed by atoms with Gasteiger partial charge >= 0.3 is 0 Å². The molecule has 1 N–H and O–H groups in total. The van der Waals surface area contributed by atoms with Crippen molar-refractivity contribution in [2.75, 3.05) is 0 Å². The fraction of sp³-hybridized carbons (Fsp3) is 0.125. The first-order valence-corrected chi connectivity index (χ1v) is 4.67. The zero-order chi connectivity index (χ0) is 9.30. The van der Waals surface area contributed by atoms with Crippen molar-refractivity contribution in [2.45, 2.75) is 6.92 Å². The minimum Gasteiger partial charge on any atom is -0.506 e. The second kappa shape index (κ2) is 3.62. The lowest BCUT2D eigenvalue weighted by atomic mass is 10.1. The topological polar surface area (TPSA) is 37.3 Å². The van der Waals surface area contributed by atoms with Gasteiger partial charge in [0.1, 0.15) is 5.75 Å². The minimum atomic E-state index is -0.181. The van der Waals surface area contributed by atoms with Crippen LogP contribution in [-0.2, 0) is 0 Å². The van der Waals surface area contributed by atoms with E-state index < -0.39 is 0 Å². The van der Waals surface area contributed by atoms with Gasteiger partial charge in [-0.15, -0.1) is 0 Å². The molecule has 64 valence electrons. The van der Waals surface area contributed by atoms with Crippen molar-refractivity contribution in [1.29, 1.82) is 0 Å². The summed E-state index contributed by atoms with van der Waals surface area (Å²) < 4.78 is 0.710. The lowest BCUT2D eigenvalue weighted by molar-refractivity contribution is 0.101. The number of carbonyl (C=O) groups is 1. The number of aromatic hydroxyl groups is 1. The Bertz CT molecular complexity index is 336. The molecule has 0 atom stereocenters. The maximum atomic E-state index is 11.0. The number of phenols is 1. The maximum Gasteiger partial charge on any atom is 0.164 e. The number of halogens is 2. The van der Waals surface area contributed by atoms with Gasteiger partial charge in [0.05, 0.1) is 10.6 Å². The number of rotatable bonds is 1. The van der Waals surface area contributed by atoms with Crippen molar-refractivity contribution in [3.8, 4) is 5.75 Å². The lowest BCUT2D eigenvalue weighted by Gasteiger charge is -2.04. The van der Waals surface area contributed by atoms with Gasteiger partial charge in [0.15, 0.2) is 5.78 Å². The van der Waals surface area contributed by atoms with E-state index in [1.54, 1.807) is 12.1 Å². The van der Waals surface area contributed by atoms with Crippen molar-refractivity contribution < 1.29 is 9.90 Å². The number of phenolic OH excluding ortho intramolecular Hbond substituents is 1. The highest BCUT2D eigenvalue weighted by molar-refractivity contribution is 14.1. The molecule has 1 aromatic carbocycles. The molecule has 0 aromatic heterocycles. The first-order valence-electron chi connectivity index (χ1n) is 3.22. The van der Waals surface area contributed by atoms with E-state index in [9.17, 15) is 9.90 Å². The van der Waals surface area contributed by atoms with Crippen molar-refractivity contribution in [2.24, 2.45) is 0 Å². The van der Waals surface area contributed by atoms with Crippen LogP contribution in [-0.4, -0.2) is 10.9 Å². The molecule has 0 aliphatic heterocycles. The summed E-state index contributed by atoms with van der Waals surface area (Å²) in [6, 6.07) is 3.25. The summed E-state index contributed by atoms with van der Waals surface area (Å²) in [6.07, 6.45) is 0. The average molecular weight is 296 g/mol. The molecule has 0 radical (unpaired) electrons. The fourth-order valence-corrected chi connectivity index (χ4v) is 1.85. The molecule has 12 heavy (non-hydrogen) atoms. The Hall–Kier alpha value is -0.290. The van der Waals surface area contributed by atoms with E-state index >= 15 is 0 Å². The van der Waals surface area contributed by atoms with E-state index in [2.05, 4.69) is 0 Å². The third kappa shape index (κ3) is 1.72. The van der Waals surface area contributed by atoms with Crippen LogP contribution in [0.25, 0.3) is 0 Å². The Morgan fingerprint density at radius 1 is 1.58 bits per heavy atom.